The van der Waals surface area contributed by atoms with Gasteiger partial charge >= 0.3 is 0 Å². The summed E-state index contributed by atoms with van der Waals surface area (Å²) in [6.07, 6.45) is 8.38. The summed E-state index contributed by atoms with van der Waals surface area (Å²) >= 11 is 0. The standard InChI is InChI=1S/C30H40N2O4/c31-29(34)12-7-2-1-6-11-26-28(21-27(33)30(26)32-17-8-19-35-20-18-32)36-22-23-13-15-25(16-14-23)24-9-4-3-5-10-24/h1,3-6,9-10,13-16,26-28,30,33H,2,7-8,11-12,17-22H2,(H2,31,34)/b6-1-/t26-,27+,28-,30+/m0/s1. The van der Waals surface area contributed by atoms with Crippen molar-refractivity contribution < 1.29 is 19.4 Å². The molecule has 6 heteroatoms. The highest BCUT2D eigenvalue weighted by atomic mass is 16.5. The maximum atomic E-state index is 11.1. The fourth-order valence-electron chi connectivity index (χ4n) is 5.51. The summed E-state index contributed by atoms with van der Waals surface area (Å²) in [5.74, 6) is -0.0508. The average molecular weight is 493 g/mol. The van der Waals surface area contributed by atoms with Crippen LogP contribution < -0.4 is 5.73 Å². The zero-order chi connectivity index (χ0) is 25.2. The zero-order valence-electron chi connectivity index (χ0n) is 21.1. The van der Waals surface area contributed by atoms with Crippen LogP contribution in [-0.4, -0.2) is 60.5 Å². The third kappa shape index (κ3) is 7.50. The number of hydrogen-bond acceptors (Lipinski definition) is 5. The number of hydrogen-bond donors (Lipinski definition) is 2. The highest BCUT2D eigenvalue weighted by Gasteiger charge is 2.45. The second-order valence-corrected chi connectivity index (χ2v) is 9.94. The molecule has 0 radical (unpaired) electrons. The number of aliphatic hydroxyl groups is 1. The van der Waals surface area contributed by atoms with Gasteiger partial charge < -0.3 is 20.3 Å². The maximum absolute atomic E-state index is 11.1. The van der Waals surface area contributed by atoms with Crippen LogP contribution in [0.15, 0.2) is 66.7 Å². The molecule has 0 unspecified atom stereocenters. The molecule has 36 heavy (non-hydrogen) atoms. The lowest BCUT2D eigenvalue weighted by molar-refractivity contribution is -0.118. The predicted octanol–water partition coefficient (Wildman–Crippen LogP) is 4.31. The van der Waals surface area contributed by atoms with Crippen molar-refractivity contribution >= 4 is 5.91 Å². The molecule has 2 aliphatic rings. The van der Waals surface area contributed by atoms with Crippen molar-refractivity contribution in [2.75, 3.05) is 26.3 Å². The number of unbranched alkanes of at least 4 members (excludes halogenated alkanes) is 1. The molecule has 4 rings (SSSR count). The number of amides is 1. The Kier molecular flexibility index (Phi) is 10.1. The Labute approximate surface area is 215 Å². The first kappa shape index (κ1) is 26.6. The molecule has 1 aliphatic carbocycles. The topological polar surface area (TPSA) is 85.0 Å². The number of ether oxygens (including phenoxy) is 2. The van der Waals surface area contributed by atoms with Gasteiger partial charge in [-0.25, -0.2) is 0 Å². The van der Waals surface area contributed by atoms with Crippen molar-refractivity contribution in [1.29, 1.82) is 0 Å². The Hall–Kier alpha value is -2.51. The Morgan fingerprint density at radius 1 is 1.06 bits per heavy atom. The molecule has 1 saturated heterocycles. The molecule has 1 saturated carbocycles. The van der Waals surface area contributed by atoms with Crippen LogP contribution in [0.1, 0.15) is 44.1 Å². The summed E-state index contributed by atoms with van der Waals surface area (Å²) in [5, 5.41) is 11.1. The van der Waals surface area contributed by atoms with E-state index in [4.69, 9.17) is 15.2 Å². The summed E-state index contributed by atoms with van der Waals surface area (Å²) < 4.78 is 12.1. The number of nitrogens with two attached hydrogens (primary N) is 1. The van der Waals surface area contributed by atoms with E-state index in [0.29, 0.717) is 26.1 Å². The average Bonchev–Trinajstić information content (AvgIpc) is 3.03. The van der Waals surface area contributed by atoms with E-state index < -0.39 is 6.10 Å². The van der Waals surface area contributed by atoms with Crippen LogP contribution in [0, 0.1) is 5.92 Å². The lowest BCUT2D eigenvalue weighted by Gasteiger charge is -2.34. The molecular formula is C30H40N2O4. The molecule has 2 aromatic rings. The van der Waals surface area contributed by atoms with Gasteiger partial charge in [-0.05, 0) is 42.4 Å². The monoisotopic (exact) mass is 492 g/mol. The number of aliphatic hydroxyl groups excluding tert-OH is 1. The molecule has 6 nitrogen and oxygen atoms in total. The minimum atomic E-state index is -0.415. The largest absolute Gasteiger partial charge is 0.391 e. The van der Waals surface area contributed by atoms with Gasteiger partial charge in [0.05, 0.1) is 25.4 Å². The summed E-state index contributed by atoms with van der Waals surface area (Å²) in [4.78, 5) is 13.4. The van der Waals surface area contributed by atoms with Gasteiger partial charge in [0.15, 0.2) is 0 Å². The lowest BCUT2D eigenvalue weighted by Crippen LogP contribution is -2.46. The molecule has 0 bridgehead atoms. The van der Waals surface area contributed by atoms with Crippen molar-refractivity contribution in [3.63, 3.8) is 0 Å². The van der Waals surface area contributed by atoms with Crippen LogP contribution in [0.3, 0.4) is 0 Å². The highest BCUT2D eigenvalue weighted by molar-refractivity contribution is 5.73. The van der Waals surface area contributed by atoms with Crippen LogP contribution in [0.25, 0.3) is 11.1 Å². The first-order valence-electron chi connectivity index (χ1n) is 13.3. The van der Waals surface area contributed by atoms with Crippen molar-refractivity contribution in [1.82, 2.24) is 4.90 Å². The van der Waals surface area contributed by atoms with E-state index in [1.54, 1.807) is 0 Å². The molecule has 1 amide bonds. The molecule has 0 spiro atoms. The Morgan fingerprint density at radius 2 is 1.83 bits per heavy atom. The Balaban J connectivity index is 1.39. The number of carbonyl (C=O) groups is 1. The normalized spacial score (nSPS) is 25.2. The summed E-state index contributed by atoms with van der Waals surface area (Å²) in [5.41, 5.74) is 8.78. The summed E-state index contributed by atoms with van der Waals surface area (Å²) in [7, 11) is 0. The van der Waals surface area contributed by atoms with Gasteiger partial charge in [-0.2, -0.15) is 0 Å². The predicted molar refractivity (Wildman–Crippen MR) is 142 cm³/mol. The Morgan fingerprint density at radius 3 is 2.61 bits per heavy atom. The maximum Gasteiger partial charge on any atom is 0.217 e. The van der Waals surface area contributed by atoms with Gasteiger partial charge in [0.25, 0.3) is 0 Å². The van der Waals surface area contributed by atoms with Gasteiger partial charge in [0, 0.05) is 44.5 Å². The minimum Gasteiger partial charge on any atom is -0.391 e. The van der Waals surface area contributed by atoms with Crippen molar-refractivity contribution in [2.45, 2.75) is 63.4 Å². The third-order valence-electron chi connectivity index (χ3n) is 7.36. The van der Waals surface area contributed by atoms with Gasteiger partial charge in [0.1, 0.15) is 0 Å². The van der Waals surface area contributed by atoms with E-state index in [1.807, 2.05) is 6.07 Å². The molecule has 1 aliphatic heterocycles. The molecule has 4 atom stereocenters. The van der Waals surface area contributed by atoms with Crippen molar-refractivity contribution in [2.24, 2.45) is 11.7 Å². The fraction of sp³-hybridized carbons (Fsp3) is 0.500. The quantitative estimate of drug-likeness (QED) is 0.361. The minimum absolute atomic E-state index is 0.0155. The van der Waals surface area contributed by atoms with Crippen LogP contribution in [0.4, 0.5) is 0 Å². The number of primary amides is 1. The van der Waals surface area contributed by atoms with E-state index >= 15 is 0 Å². The Bertz CT molecular complexity index is 955. The summed E-state index contributed by atoms with van der Waals surface area (Å²) in [6, 6.07) is 19.0. The zero-order valence-corrected chi connectivity index (χ0v) is 21.1. The highest BCUT2D eigenvalue weighted by Crippen LogP contribution is 2.36. The second kappa shape index (κ2) is 13.7. The molecule has 2 aromatic carbocycles. The number of rotatable bonds is 11. The van der Waals surface area contributed by atoms with Crippen LogP contribution >= 0.6 is 0 Å². The fourth-order valence-corrected chi connectivity index (χ4v) is 5.51. The third-order valence-corrected chi connectivity index (χ3v) is 7.36. The number of benzene rings is 2. The lowest BCUT2D eigenvalue weighted by atomic mass is 9.94. The SMILES string of the molecule is NC(=O)CCC/C=C\C[C@@H]1[C@@H](N2CCCOCC2)[C@H](O)C[C@@H]1OCc1ccc(-c2ccccc2)cc1. The number of nitrogens with zero attached hydrogens (tertiary/aromatic N) is 1. The number of allylic oxidation sites excluding steroid dienone is 2. The van der Waals surface area contributed by atoms with Gasteiger partial charge in [0.2, 0.25) is 5.91 Å². The molecule has 3 N–H and O–H groups in total. The van der Waals surface area contributed by atoms with Crippen LogP contribution in [0.2, 0.25) is 0 Å². The molecule has 2 fully saturated rings. The second-order valence-electron chi connectivity index (χ2n) is 9.94. The van der Waals surface area contributed by atoms with Gasteiger partial charge in [-0.1, -0.05) is 66.7 Å². The molecule has 1 heterocycles. The molecule has 194 valence electrons. The molecular weight excluding hydrogens is 452 g/mol. The van der Waals surface area contributed by atoms with E-state index in [-0.39, 0.29) is 24.0 Å². The first-order chi connectivity index (χ1) is 17.6. The van der Waals surface area contributed by atoms with Crippen molar-refractivity contribution in [3.05, 3.63) is 72.3 Å². The van der Waals surface area contributed by atoms with Crippen LogP contribution in [-0.2, 0) is 20.9 Å². The molecule has 0 aromatic heterocycles. The van der Waals surface area contributed by atoms with Crippen molar-refractivity contribution in [3.8, 4) is 11.1 Å². The number of carbonyl (C=O) groups excluding carboxylic acids is 1. The van der Waals surface area contributed by atoms with E-state index in [2.05, 4.69) is 65.6 Å². The van der Waals surface area contributed by atoms with E-state index in [1.165, 1.54) is 11.1 Å². The van der Waals surface area contributed by atoms with E-state index in [0.717, 1.165) is 50.9 Å². The van der Waals surface area contributed by atoms with E-state index in [9.17, 15) is 9.90 Å². The summed E-state index contributed by atoms with van der Waals surface area (Å²) in [6.45, 7) is 3.80. The van der Waals surface area contributed by atoms with Gasteiger partial charge in [-0.15, -0.1) is 0 Å². The smallest absolute Gasteiger partial charge is 0.217 e. The van der Waals surface area contributed by atoms with Gasteiger partial charge in [-0.3, -0.25) is 9.69 Å². The first-order valence-corrected chi connectivity index (χ1v) is 13.3. The van der Waals surface area contributed by atoms with Crippen LogP contribution in [0.5, 0.6) is 0 Å².